The summed E-state index contributed by atoms with van der Waals surface area (Å²) in [5.41, 5.74) is 0.814. The molecule has 1 N–H and O–H groups in total. The fourth-order valence-corrected chi connectivity index (χ4v) is 3.92. The number of amides is 1. The number of hydrogen-bond donors (Lipinski definition) is 1. The number of carbonyl (C=O) groups excluding carboxylic acids is 1. The van der Waals surface area contributed by atoms with E-state index in [9.17, 15) is 4.79 Å². The first-order valence-corrected chi connectivity index (χ1v) is 10.3. The minimum absolute atomic E-state index is 0.0945. The monoisotopic (exact) mass is 373 g/mol. The third kappa shape index (κ3) is 6.83. The van der Waals surface area contributed by atoms with Crippen molar-refractivity contribution in [3.63, 3.8) is 0 Å². The van der Waals surface area contributed by atoms with Crippen LogP contribution in [0.2, 0.25) is 0 Å². The minimum atomic E-state index is -0.480. The van der Waals surface area contributed by atoms with Crippen molar-refractivity contribution in [3.8, 4) is 0 Å². The molecule has 1 aromatic heterocycles. The summed E-state index contributed by atoms with van der Waals surface area (Å²) in [4.78, 5) is 13.6. The maximum Gasteiger partial charge on any atom is 0.407 e. The molecule has 0 bridgehead atoms. The molecule has 142 valence electrons. The lowest BCUT2D eigenvalue weighted by atomic mass is 9.89. The average Bonchev–Trinajstić information content (AvgIpc) is 3.10. The predicted octanol–water partition coefficient (Wildman–Crippen LogP) is 6.35. The van der Waals surface area contributed by atoms with Crippen LogP contribution in [0.1, 0.15) is 69.7 Å². The van der Waals surface area contributed by atoms with Crippen LogP contribution >= 0.6 is 11.3 Å². The first kappa shape index (κ1) is 20.5. The highest BCUT2D eigenvalue weighted by Gasteiger charge is 2.24. The summed E-state index contributed by atoms with van der Waals surface area (Å²) < 4.78 is 5.48. The van der Waals surface area contributed by atoms with E-state index in [1.165, 1.54) is 10.4 Å². The molecule has 2 rings (SSSR count). The van der Waals surface area contributed by atoms with E-state index in [4.69, 9.17) is 4.74 Å². The number of rotatable bonds is 8. The van der Waals surface area contributed by atoms with Crippen molar-refractivity contribution in [1.82, 2.24) is 5.32 Å². The van der Waals surface area contributed by atoms with Crippen molar-refractivity contribution in [2.45, 2.75) is 70.9 Å². The van der Waals surface area contributed by atoms with Crippen LogP contribution in [0.3, 0.4) is 0 Å². The SMILES string of the molecule is CCCC[C@@H](CC(c1ccccc1)c1cccs1)NC(=O)OC(C)(C)C. The normalized spacial score (nSPS) is 13.8. The first-order valence-electron chi connectivity index (χ1n) is 9.47. The van der Waals surface area contributed by atoms with Gasteiger partial charge in [-0.25, -0.2) is 4.79 Å². The molecule has 4 heteroatoms. The zero-order valence-electron chi connectivity index (χ0n) is 16.3. The second kappa shape index (κ2) is 9.77. The van der Waals surface area contributed by atoms with Gasteiger partial charge in [-0.2, -0.15) is 0 Å². The molecule has 0 spiro atoms. The lowest BCUT2D eigenvalue weighted by Crippen LogP contribution is -2.40. The Hall–Kier alpha value is -1.81. The summed E-state index contributed by atoms with van der Waals surface area (Å²) in [6.07, 6.45) is 3.72. The van der Waals surface area contributed by atoms with Crippen molar-refractivity contribution in [3.05, 3.63) is 58.3 Å². The van der Waals surface area contributed by atoms with Crippen LogP contribution < -0.4 is 5.32 Å². The van der Waals surface area contributed by atoms with Crippen LogP contribution in [-0.2, 0) is 4.74 Å². The van der Waals surface area contributed by atoms with Crippen molar-refractivity contribution < 1.29 is 9.53 Å². The lowest BCUT2D eigenvalue weighted by molar-refractivity contribution is 0.0497. The molecule has 0 fully saturated rings. The Balaban J connectivity index is 2.15. The van der Waals surface area contributed by atoms with Crippen molar-refractivity contribution in [1.29, 1.82) is 0 Å². The van der Waals surface area contributed by atoms with Crippen molar-refractivity contribution in [2.24, 2.45) is 0 Å². The lowest BCUT2D eigenvalue weighted by Gasteiger charge is -2.26. The largest absolute Gasteiger partial charge is 0.444 e. The Morgan fingerprint density at radius 3 is 2.46 bits per heavy atom. The second-order valence-electron chi connectivity index (χ2n) is 7.70. The fraction of sp³-hybridized carbons (Fsp3) is 0.500. The highest BCUT2D eigenvalue weighted by molar-refractivity contribution is 7.10. The van der Waals surface area contributed by atoms with Crippen LogP contribution in [0.15, 0.2) is 47.8 Å². The summed E-state index contributed by atoms with van der Waals surface area (Å²) in [6.45, 7) is 7.86. The Bertz CT molecular complexity index is 647. The summed E-state index contributed by atoms with van der Waals surface area (Å²) in [6, 6.07) is 14.9. The van der Waals surface area contributed by atoms with Gasteiger partial charge in [-0.3, -0.25) is 0 Å². The molecule has 3 nitrogen and oxygen atoms in total. The maximum atomic E-state index is 12.3. The Labute approximate surface area is 161 Å². The van der Waals surface area contributed by atoms with Gasteiger partial charge < -0.3 is 10.1 Å². The van der Waals surface area contributed by atoms with Gasteiger partial charge in [-0.15, -0.1) is 11.3 Å². The van der Waals surface area contributed by atoms with Crippen LogP contribution in [-0.4, -0.2) is 17.7 Å². The highest BCUT2D eigenvalue weighted by Crippen LogP contribution is 2.33. The van der Waals surface area contributed by atoms with Gasteiger partial charge in [0.2, 0.25) is 0 Å². The smallest absolute Gasteiger partial charge is 0.407 e. The molecule has 0 saturated heterocycles. The third-order valence-electron chi connectivity index (χ3n) is 4.24. The summed E-state index contributed by atoms with van der Waals surface area (Å²) in [7, 11) is 0. The Morgan fingerprint density at radius 2 is 1.88 bits per heavy atom. The van der Waals surface area contributed by atoms with Crippen LogP contribution in [0.25, 0.3) is 0 Å². The zero-order chi connectivity index (χ0) is 19.0. The van der Waals surface area contributed by atoms with E-state index in [0.717, 1.165) is 25.7 Å². The van der Waals surface area contributed by atoms with E-state index in [-0.39, 0.29) is 18.1 Å². The highest BCUT2D eigenvalue weighted by atomic mass is 32.1. The van der Waals surface area contributed by atoms with Gasteiger partial charge in [0.25, 0.3) is 0 Å². The van der Waals surface area contributed by atoms with Crippen LogP contribution in [0.4, 0.5) is 4.79 Å². The Morgan fingerprint density at radius 1 is 1.15 bits per heavy atom. The van der Waals surface area contributed by atoms with Crippen LogP contribution in [0.5, 0.6) is 0 Å². The topological polar surface area (TPSA) is 38.3 Å². The number of thiophene rings is 1. The van der Waals surface area contributed by atoms with Gasteiger partial charge in [-0.1, -0.05) is 56.2 Å². The van der Waals surface area contributed by atoms with E-state index in [0.29, 0.717) is 0 Å². The molecule has 0 aliphatic carbocycles. The van der Waals surface area contributed by atoms with Gasteiger partial charge in [0, 0.05) is 16.8 Å². The van der Waals surface area contributed by atoms with Crippen LogP contribution in [0, 0.1) is 0 Å². The molecule has 0 aliphatic heterocycles. The quantitative estimate of drug-likeness (QED) is 0.585. The number of nitrogens with one attached hydrogen (secondary N) is 1. The second-order valence-corrected chi connectivity index (χ2v) is 8.68. The van der Waals surface area contributed by atoms with Gasteiger partial charge in [-0.05, 0) is 50.6 Å². The molecule has 2 aromatic rings. The summed E-state index contributed by atoms with van der Waals surface area (Å²) >= 11 is 1.78. The fourth-order valence-electron chi connectivity index (χ4n) is 3.05. The number of alkyl carbamates (subject to hydrolysis) is 1. The number of unbranched alkanes of at least 4 members (excludes halogenated alkanes) is 1. The van der Waals surface area contributed by atoms with E-state index in [1.54, 1.807) is 11.3 Å². The molecule has 0 aliphatic rings. The molecular weight excluding hydrogens is 342 g/mol. The standard InChI is InChI=1S/C22H31NO2S/c1-5-6-13-18(23-21(24)25-22(2,3)4)16-19(20-14-10-15-26-20)17-11-8-7-9-12-17/h7-12,14-15,18-19H,5-6,13,16H2,1-4H3,(H,23,24)/t18-,19?/m0/s1. The van der Waals surface area contributed by atoms with Gasteiger partial charge in [0.15, 0.2) is 0 Å². The summed E-state index contributed by atoms with van der Waals surface area (Å²) in [5.74, 6) is 0.285. The molecule has 1 unspecified atom stereocenters. The molecule has 0 radical (unpaired) electrons. The van der Waals surface area contributed by atoms with Gasteiger partial charge in [0.05, 0.1) is 0 Å². The average molecular weight is 374 g/mol. The Kier molecular flexibility index (Phi) is 7.70. The number of benzene rings is 1. The van der Waals surface area contributed by atoms with Crippen molar-refractivity contribution in [2.75, 3.05) is 0 Å². The summed E-state index contributed by atoms with van der Waals surface area (Å²) in [5, 5.41) is 5.23. The first-order chi connectivity index (χ1) is 12.4. The molecular formula is C22H31NO2S. The van der Waals surface area contributed by atoms with E-state index < -0.39 is 5.60 Å². The molecule has 1 amide bonds. The van der Waals surface area contributed by atoms with E-state index >= 15 is 0 Å². The maximum absolute atomic E-state index is 12.3. The third-order valence-corrected chi connectivity index (χ3v) is 5.22. The van der Waals surface area contributed by atoms with E-state index in [2.05, 4.69) is 54.0 Å². The molecule has 2 atom stereocenters. The number of carbonyl (C=O) groups is 1. The minimum Gasteiger partial charge on any atom is -0.444 e. The molecule has 26 heavy (non-hydrogen) atoms. The molecule has 1 heterocycles. The van der Waals surface area contributed by atoms with Crippen molar-refractivity contribution >= 4 is 17.4 Å². The number of ether oxygens (including phenoxy) is 1. The predicted molar refractivity (Wildman–Crippen MR) is 110 cm³/mol. The van der Waals surface area contributed by atoms with Gasteiger partial charge >= 0.3 is 6.09 Å². The molecule has 0 saturated carbocycles. The number of hydrogen-bond acceptors (Lipinski definition) is 3. The van der Waals surface area contributed by atoms with E-state index in [1.807, 2.05) is 26.8 Å². The zero-order valence-corrected chi connectivity index (χ0v) is 17.1. The molecule has 1 aromatic carbocycles. The van der Waals surface area contributed by atoms with Gasteiger partial charge in [0.1, 0.15) is 5.60 Å².